The molecule has 2 amide bonds. The Labute approximate surface area is 171 Å². The Morgan fingerprint density at radius 2 is 1.59 bits per heavy atom. The van der Waals surface area contributed by atoms with Gasteiger partial charge in [0.25, 0.3) is 0 Å². The Kier molecular flexibility index (Phi) is 6.22. The van der Waals surface area contributed by atoms with Crippen molar-refractivity contribution in [1.29, 1.82) is 0 Å². The van der Waals surface area contributed by atoms with Crippen LogP contribution < -0.4 is 5.32 Å². The maximum Gasteiger partial charge on any atom is 0.317 e. The molecule has 29 heavy (non-hydrogen) atoms. The number of hydrogen-bond acceptors (Lipinski definition) is 3. The highest BCUT2D eigenvalue weighted by Crippen LogP contribution is 2.12. The molecule has 6 nitrogen and oxygen atoms in total. The fourth-order valence-electron chi connectivity index (χ4n) is 3.69. The van der Waals surface area contributed by atoms with E-state index in [1.807, 2.05) is 40.0 Å². The second kappa shape index (κ2) is 9.39. The molecule has 2 aromatic carbocycles. The number of rotatable bonds is 6. The van der Waals surface area contributed by atoms with Crippen LogP contribution in [0.4, 0.5) is 4.79 Å². The first-order valence-corrected chi connectivity index (χ1v) is 10.1. The van der Waals surface area contributed by atoms with Crippen molar-refractivity contribution in [2.45, 2.75) is 19.6 Å². The third kappa shape index (κ3) is 5.23. The highest BCUT2D eigenvalue weighted by Gasteiger charge is 2.21. The molecule has 0 radical (unpaired) electrons. The van der Waals surface area contributed by atoms with Gasteiger partial charge in [-0.1, -0.05) is 54.6 Å². The maximum absolute atomic E-state index is 12.6. The number of nitrogens with one attached hydrogen (secondary N) is 1. The molecule has 150 valence electrons. The van der Waals surface area contributed by atoms with Gasteiger partial charge in [0.1, 0.15) is 0 Å². The summed E-state index contributed by atoms with van der Waals surface area (Å²) in [5.74, 6) is 0. The lowest BCUT2D eigenvalue weighted by Crippen LogP contribution is -2.51. The van der Waals surface area contributed by atoms with Crippen LogP contribution in [0.1, 0.15) is 16.7 Å². The van der Waals surface area contributed by atoms with Crippen LogP contribution >= 0.6 is 0 Å². The highest BCUT2D eigenvalue weighted by molar-refractivity contribution is 5.74. The molecule has 2 heterocycles. The molecule has 1 N–H and O–H groups in total. The Morgan fingerprint density at radius 3 is 2.31 bits per heavy atom. The number of nitrogens with zero attached hydrogens (tertiary/aromatic N) is 4. The lowest BCUT2D eigenvalue weighted by molar-refractivity contribution is 0.135. The van der Waals surface area contributed by atoms with Crippen molar-refractivity contribution in [2.75, 3.05) is 26.2 Å². The summed E-state index contributed by atoms with van der Waals surface area (Å²) in [5, 5.41) is 7.37. The topological polar surface area (TPSA) is 53.4 Å². The van der Waals surface area contributed by atoms with E-state index in [4.69, 9.17) is 0 Å². The number of carbonyl (C=O) groups excluding carboxylic acids is 1. The average molecular weight is 390 g/mol. The monoisotopic (exact) mass is 389 g/mol. The molecule has 1 aliphatic heterocycles. The largest absolute Gasteiger partial charge is 0.334 e. The molecule has 1 aromatic heterocycles. The molecule has 3 aromatic rings. The van der Waals surface area contributed by atoms with Crippen LogP contribution in [0.2, 0.25) is 0 Å². The van der Waals surface area contributed by atoms with Gasteiger partial charge in [0, 0.05) is 51.7 Å². The molecule has 1 fully saturated rings. The normalized spacial score (nSPS) is 14.7. The summed E-state index contributed by atoms with van der Waals surface area (Å²) < 4.78 is 1.90. The zero-order chi connectivity index (χ0) is 19.9. The molecule has 0 saturated carbocycles. The van der Waals surface area contributed by atoms with Gasteiger partial charge in [0.05, 0.1) is 6.54 Å². The van der Waals surface area contributed by atoms with Crippen LogP contribution in [-0.4, -0.2) is 51.8 Å². The summed E-state index contributed by atoms with van der Waals surface area (Å²) in [7, 11) is 0. The predicted octanol–water partition coefficient (Wildman–Crippen LogP) is 2.96. The van der Waals surface area contributed by atoms with E-state index in [1.54, 1.807) is 6.20 Å². The maximum atomic E-state index is 12.6. The van der Waals surface area contributed by atoms with Crippen molar-refractivity contribution in [3.8, 4) is 0 Å². The Morgan fingerprint density at radius 1 is 0.862 bits per heavy atom. The quantitative estimate of drug-likeness (QED) is 0.705. The average Bonchev–Trinajstić information content (AvgIpc) is 3.27. The minimum Gasteiger partial charge on any atom is -0.334 e. The van der Waals surface area contributed by atoms with Gasteiger partial charge in [-0.05, 0) is 22.8 Å². The lowest BCUT2D eigenvalue weighted by Gasteiger charge is -2.34. The number of hydrogen-bond donors (Lipinski definition) is 1. The van der Waals surface area contributed by atoms with Crippen molar-refractivity contribution >= 4 is 6.03 Å². The molecule has 0 spiro atoms. The Hall–Kier alpha value is -3.12. The number of benzene rings is 2. The first-order valence-electron chi connectivity index (χ1n) is 10.1. The summed E-state index contributed by atoms with van der Waals surface area (Å²) in [6.45, 7) is 5.49. The SMILES string of the molecule is O=C(NCc1ccccc1Cn1cccn1)N1CCN(Cc2ccccc2)CC1. The van der Waals surface area contributed by atoms with E-state index in [0.717, 1.165) is 38.3 Å². The van der Waals surface area contributed by atoms with E-state index in [0.29, 0.717) is 13.1 Å². The Balaban J connectivity index is 1.26. The summed E-state index contributed by atoms with van der Waals surface area (Å²) in [4.78, 5) is 17.0. The summed E-state index contributed by atoms with van der Waals surface area (Å²) in [6, 6.07) is 20.6. The first-order chi connectivity index (χ1) is 14.3. The van der Waals surface area contributed by atoms with Crippen molar-refractivity contribution < 1.29 is 4.79 Å². The fraction of sp³-hybridized carbons (Fsp3) is 0.304. The van der Waals surface area contributed by atoms with E-state index in [2.05, 4.69) is 51.7 Å². The first kappa shape index (κ1) is 19.2. The lowest BCUT2D eigenvalue weighted by atomic mass is 10.1. The molecule has 1 saturated heterocycles. The molecular formula is C23H27N5O. The predicted molar refractivity (Wildman–Crippen MR) is 113 cm³/mol. The summed E-state index contributed by atoms with van der Waals surface area (Å²) in [5.41, 5.74) is 3.61. The minimum absolute atomic E-state index is 0.0123. The molecular weight excluding hydrogens is 362 g/mol. The number of aromatic nitrogens is 2. The zero-order valence-corrected chi connectivity index (χ0v) is 16.6. The van der Waals surface area contributed by atoms with E-state index in [9.17, 15) is 4.79 Å². The zero-order valence-electron chi connectivity index (χ0n) is 16.6. The van der Waals surface area contributed by atoms with Gasteiger partial charge in [0.15, 0.2) is 0 Å². The molecule has 6 heteroatoms. The molecule has 0 unspecified atom stereocenters. The number of piperazine rings is 1. The van der Waals surface area contributed by atoms with Gasteiger partial charge in [-0.25, -0.2) is 4.79 Å². The number of amides is 2. The van der Waals surface area contributed by atoms with Gasteiger partial charge in [-0.2, -0.15) is 5.10 Å². The highest BCUT2D eigenvalue weighted by atomic mass is 16.2. The van der Waals surface area contributed by atoms with Gasteiger partial charge in [-0.3, -0.25) is 9.58 Å². The Bertz CT molecular complexity index is 902. The number of carbonyl (C=O) groups is 1. The fourth-order valence-corrected chi connectivity index (χ4v) is 3.69. The second-order valence-corrected chi connectivity index (χ2v) is 7.38. The smallest absolute Gasteiger partial charge is 0.317 e. The van der Waals surface area contributed by atoms with Crippen molar-refractivity contribution in [3.63, 3.8) is 0 Å². The molecule has 1 aliphatic rings. The summed E-state index contributed by atoms with van der Waals surface area (Å²) >= 11 is 0. The van der Waals surface area contributed by atoms with E-state index < -0.39 is 0 Å². The third-order valence-corrected chi connectivity index (χ3v) is 5.35. The molecule has 0 atom stereocenters. The van der Waals surface area contributed by atoms with Crippen molar-refractivity contribution in [2.24, 2.45) is 0 Å². The van der Waals surface area contributed by atoms with Crippen molar-refractivity contribution in [3.05, 3.63) is 89.7 Å². The van der Waals surface area contributed by atoms with Crippen LogP contribution in [0.3, 0.4) is 0 Å². The van der Waals surface area contributed by atoms with Gasteiger partial charge >= 0.3 is 6.03 Å². The van der Waals surface area contributed by atoms with Crippen LogP contribution in [0.25, 0.3) is 0 Å². The molecule has 4 rings (SSSR count). The minimum atomic E-state index is 0.0123. The van der Waals surface area contributed by atoms with E-state index >= 15 is 0 Å². The van der Waals surface area contributed by atoms with Crippen LogP contribution in [0, 0.1) is 0 Å². The standard InChI is InChI=1S/C23H27N5O/c29-23(27-15-13-26(14-16-27)18-20-7-2-1-3-8-20)24-17-21-9-4-5-10-22(21)19-28-12-6-11-25-28/h1-12H,13-19H2,(H,24,29). The molecule has 0 aliphatic carbocycles. The van der Waals surface area contributed by atoms with Crippen LogP contribution in [0.5, 0.6) is 0 Å². The van der Waals surface area contributed by atoms with Gasteiger partial charge in [-0.15, -0.1) is 0 Å². The number of urea groups is 1. The van der Waals surface area contributed by atoms with Crippen LogP contribution in [0.15, 0.2) is 73.1 Å². The third-order valence-electron chi connectivity index (χ3n) is 5.35. The second-order valence-electron chi connectivity index (χ2n) is 7.38. The van der Waals surface area contributed by atoms with E-state index in [1.165, 1.54) is 11.1 Å². The van der Waals surface area contributed by atoms with Gasteiger partial charge < -0.3 is 10.2 Å². The summed E-state index contributed by atoms with van der Waals surface area (Å²) in [6.07, 6.45) is 3.73. The van der Waals surface area contributed by atoms with E-state index in [-0.39, 0.29) is 6.03 Å². The van der Waals surface area contributed by atoms with Crippen molar-refractivity contribution in [1.82, 2.24) is 24.9 Å². The molecule has 0 bridgehead atoms. The van der Waals surface area contributed by atoms with Gasteiger partial charge in [0.2, 0.25) is 0 Å². The van der Waals surface area contributed by atoms with Crippen LogP contribution in [-0.2, 0) is 19.6 Å².